The number of hydrogen-bond acceptors (Lipinski definition) is 4. The van der Waals surface area contributed by atoms with Crippen LogP contribution in [-0.4, -0.2) is 59.3 Å². The smallest absolute Gasteiger partial charge is 0.267 e. The molecule has 0 bridgehead atoms. The molecule has 1 aromatic rings. The highest BCUT2D eigenvalue weighted by Crippen LogP contribution is 2.20. The molecule has 3 rings (SSSR count). The van der Waals surface area contributed by atoms with Crippen molar-refractivity contribution in [1.82, 2.24) is 20.0 Å². The fourth-order valence-corrected chi connectivity index (χ4v) is 3.91. The van der Waals surface area contributed by atoms with Gasteiger partial charge in [0.05, 0.1) is 5.69 Å². The van der Waals surface area contributed by atoms with Crippen LogP contribution < -0.4 is 5.56 Å². The number of rotatable bonds is 5. The van der Waals surface area contributed by atoms with Crippen molar-refractivity contribution in [3.63, 3.8) is 0 Å². The second-order valence-corrected chi connectivity index (χ2v) is 7.45. The zero-order chi connectivity index (χ0) is 16.2. The lowest BCUT2D eigenvalue weighted by molar-refractivity contribution is 0.123. The summed E-state index contributed by atoms with van der Waals surface area (Å²) in [4.78, 5) is 17.0. The second kappa shape index (κ2) is 10.5. The number of piperazine rings is 1. The van der Waals surface area contributed by atoms with Crippen molar-refractivity contribution in [3.05, 3.63) is 27.2 Å². The molecular weight excluding hydrogens is 359 g/mol. The van der Waals surface area contributed by atoms with Crippen molar-refractivity contribution in [2.45, 2.75) is 46.0 Å². The first-order valence-corrected chi connectivity index (χ1v) is 9.17. The van der Waals surface area contributed by atoms with Crippen LogP contribution >= 0.6 is 24.8 Å². The molecule has 1 aliphatic carbocycles. The molecule has 2 aliphatic rings. The largest absolute Gasteiger partial charge is 0.301 e. The zero-order valence-corrected chi connectivity index (χ0v) is 17.1. The summed E-state index contributed by atoms with van der Waals surface area (Å²) in [6, 6.07) is 0. The average molecular weight is 391 g/mol. The first-order valence-electron chi connectivity index (χ1n) is 9.17. The van der Waals surface area contributed by atoms with Gasteiger partial charge in [-0.1, -0.05) is 13.8 Å². The van der Waals surface area contributed by atoms with Crippen molar-refractivity contribution >= 4 is 24.8 Å². The minimum atomic E-state index is 0. The van der Waals surface area contributed by atoms with Crippen molar-refractivity contribution in [2.75, 3.05) is 39.3 Å². The van der Waals surface area contributed by atoms with Gasteiger partial charge < -0.3 is 9.80 Å². The van der Waals surface area contributed by atoms with Crippen LogP contribution in [0.2, 0.25) is 0 Å². The summed E-state index contributed by atoms with van der Waals surface area (Å²) in [5, 5.41) is 7.07. The van der Waals surface area contributed by atoms with Gasteiger partial charge in [-0.3, -0.25) is 4.79 Å². The van der Waals surface area contributed by atoms with Crippen LogP contribution in [0.25, 0.3) is 0 Å². The lowest BCUT2D eigenvalue weighted by Gasteiger charge is -2.35. The molecule has 0 saturated carbocycles. The Hall–Kier alpha value is -0.620. The molecule has 0 radical (unpaired) electrons. The van der Waals surface area contributed by atoms with Gasteiger partial charge in [-0.2, -0.15) is 5.10 Å². The molecule has 5 nitrogen and oxygen atoms in total. The van der Waals surface area contributed by atoms with Gasteiger partial charge in [0.2, 0.25) is 0 Å². The first-order chi connectivity index (χ1) is 11.1. The van der Waals surface area contributed by atoms with Crippen LogP contribution in [-0.2, 0) is 19.3 Å². The normalized spacial score (nSPS) is 18.4. The fourth-order valence-electron chi connectivity index (χ4n) is 3.91. The number of halogens is 2. The van der Waals surface area contributed by atoms with E-state index in [1.165, 1.54) is 31.6 Å². The van der Waals surface area contributed by atoms with E-state index in [1.807, 2.05) is 0 Å². The zero-order valence-electron chi connectivity index (χ0n) is 15.4. The van der Waals surface area contributed by atoms with Gasteiger partial charge in [0.25, 0.3) is 5.56 Å². The number of fused-ring (bicyclic) bond motifs is 1. The SMILES string of the molecule is CC(C)CN1CCN(CCc2n[nH]c(=O)c3c2CCCC3)CC1.Cl.Cl. The van der Waals surface area contributed by atoms with Crippen molar-refractivity contribution in [3.8, 4) is 0 Å². The van der Waals surface area contributed by atoms with E-state index in [0.717, 1.165) is 62.5 Å². The molecule has 1 N–H and O–H groups in total. The summed E-state index contributed by atoms with van der Waals surface area (Å²) in [6.45, 7) is 11.5. The predicted octanol–water partition coefficient (Wildman–Crippen LogP) is 2.31. The minimum Gasteiger partial charge on any atom is -0.301 e. The maximum Gasteiger partial charge on any atom is 0.267 e. The Balaban J connectivity index is 0.00000156. The number of nitrogens with one attached hydrogen (secondary N) is 1. The monoisotopic (exact) mass is 390 g/mol. The third-order valence-corrected chi connectivity index (χ3v) is 5.14. The van der Waals surface area contributed by atoms with E-state index in [4.69, 9.17) is 0 Å². The first kappa shape index (κ1) is 22.4. The lowest BCUT2D eigenvalue weighted by Crippen LogP contribution is -2.47. The molecule has 0 amide bonds. The lowest BCUT2D eigenvalue weighted by atomic mass is 9.91. The molecule has 2 heterocycles. The summed E-state index contributed by atoms with van der Waals surface area (Å²) in [5.41, 5.74) is 3.41. The maximum absolute atomic E-state index is 11.9. The van der Waals surface area contributed by atoms with Crippen LogP contribution in [0.15, 0.2) is 4.79 Å². The van der Waals surface area contributed by atoms with E-state index in [9.17, 15) is 4.79 Å². The molecule has 0 spiro atoms. The molecule has 1 fully saturated rings. The standard InChI is InChI=1S/C18H30N4O.2ClH/c1-14(2)13-22-11-9-21(10-12-22)8-7-17-15-5-3-4-6-16(15)18(23)20-19-17;;/h14H,3-13H2,1-2H3,(H,20,23);2*1H. The summed E-state index contributed by atoms with van der Waals surface area (Å²) in [5.74, 6) is 0.749. The quantitative estimate of drug-likeness (QED) is 0.837. The molecule has 0 atom stereocenters. The van der Waals surface area contributed by atoms with Gasteiger partial charge in [0, 0.05) is 51.3 Å². The molecule has 0 unspecified atom stereocenters. The van der Waals surface area contributed by atoms with Gasteiger partial charge in [-0.15, -0.1) is 24.8 Å². The molecule has 144 valence electrons. The van der Waals surface area contributed by atoms with Gasteiger partial charge in [-0.25, -0.2) is 5.10 Å². The van der Waals surface area contributed by atoms with Crippen LogP contribution in [0.5, 0.6) is 0 Å². The van der Waals surface area contributed by atoms with Gasteiger partial charge in [0.1, 0.15) is 0 Å². The van der Waals surface area contributed by atoms with Crippen molar-refractivity contribution in [1.29, 1.82) is 0 Å². The summed E-state index contributed by atoms with van der Waals surface area (Å²) in [7, 11) is 0. The Morgan fingerprint density at radius 1 is 1.00 bits per heavy atom. The molecule has 1 saturated heterocycles. The second-order valence-electron chi connectivity index (χ2n) is 7.45. The number of H-pyrrole nitrogens is 1. The Bertz CT molecular complexity index is 583. The third-order valence-electron chi connectivity index (χ3n) is 5.14. The minimum absolute atomic E-state index is 0. The predicted molar refractivity (Wildman–Crippen MR) is 107 cm³/mol. The number of nitrogens with zero attached hydrogens (tertiary/aromatic N) is 3. The topological polar surface area (TPSA) is 52.2 Å². The Morgan fingerprint density at radius 3 is 2.24 bits per heavy atom. The summed E-state index contributed by atoms with van der Waals surface area (Å²) in [6.07, 6.45) is 5.25. The summed E-state index contributed by atoms with van der Waals surface area (Å²) >= 11 is 0. The van der Waals surface area contributed by atoms with Crippen molar-refractivity contribution in [2.24, 2.45) is 5.92 Å². The molecule has 7 heteroatoms. The molecule has 0 aromatic carbocycles. The van der Waals surface area contributed by atoms with E-state index in [2.05, 4.69) is 33.8 Å². The third kappa shape index (κ3) is 5.95. The molecular formula is C18H32Cl2N4O. The molecule has 1 aromatic heterocycles. The van der Waals surface area contributed by atoms with E-state index in [1.54, 1.807) is 0 Å². The molecule has 25 heavy (non-hydrogen) atoms. The Morgan fingerprint density at radius 2 is 1.60 bits per heavy atom. The van der Waals surface area contributed by atoms with E-state index >= 15 is 0 Å². The van der Waals surface area contributed by atoms with Gasteiger partial charge in [-0.05, 0) is 37.2 Å². The maximum atomic E-state index is 11.9. The van der Waals surface area contributed by atoms with Crippen molar-refractivity contribution < 1.29 is 0 Å². The fraction of sp³-hybridized carbons (Fsp3) is 0.778. The van der Waals surface area contributed by atoms with Crippen LogP contribution in [0.4, 0.5) is 0 Å². The van der Waals surface area contributed by atoms with Crippen LogP contribution in [0.3, 0.4) is 0 Å². The van der Waals surface area contributed by atoms with E-state index in [0.29, 0.717) is 0 Å². The average Bonchev–Trinajstić information content (AvgIpc) is 2.55. The highest BCUT2D eigenvalue weighted by Gasteiger charge is 2.20. The number of hydrogen-bond donors (Lipinski definition) is 1. The summed E-state index contributed by atoms with van der Waals surface area (Å²) < 4.78 is 0. The highest BCUT2D eigenvalue weighted by molar-refractivity contribution is 5.85. The van der Waals surface area contributed by atoms with Crippen LogP contribution in [0, 0.1) is 5.92 Å². The highest BCUT2D eigenvalue weighted by atomic mass is 35.5. The van der Waals surface area contributed by atoms with E-state index in [-0.39, 0.29) is 30.4 Å². The Labute approximate surface area is 163 Å². The van der Waals surface area contributed by atoms with Gasteiger partial charge >= 0.3 is 0 Å². The van der Waals surface area contributed by atoms with Gasteiger partial charge in [0.15, 0.2) is 0 Å². The Kier molecular flexibility index (Phi) is 9.43. The molecule has 1 aliphatic heterocycles. The number of aromatic amines is 1. The number of aromatic nitrogens is 2. The van der Waals surface area contributed by atoms with Crippen LogP contribution in [0.1, 0.15) is 43.5 Å². The van der Waals surface area contributed by atoms with E-state index < -0.39 is 0 Å².